The normalized spacial score (nSPS) is 23.0. The van der Waals surface area contributed by atoms with Crippen LogP contribution in [-0.4, -0.2) is 41.4 Å². The lowest BCUT2D eigenvalue weighted by molar-refractivity contribution is 0.0206. The van der Waals surface area contributed by atoms with Crippen LogP contribution >= 0.6 is 11.3 Å². The third-order valence-electron chi connectivity index (χ3n) is 2.87. The molecule has 1 aromatic rings. The number of anilines is 1. The van der Waals surface area contributed by atoms with Gasteiger partial charge >= 0.3 is 0 Å². The van der Waals surface area contributed by atoms with Gasteiger partial charge in [-0.05, 0) is 26.7 Å². The fraction of sp³-hybridized carbons (Fsp3) is 0.727. The molecule has 1 aliphatic heterocycles. The molecule has 1 saturated heterocycles. The van der Waals surface area contributed by atoms with Crippen LogP contribution in [0.5, 0.6) is 0 Å². The fourth-order valence-electron chi connectivity index (χ4n) is 1.86. The van der Waals surface area contributed by atoms with Gasteiger partial charge in [-0.3, -0.25) is 4.79 Å². The lowest BCUT2D eigenvalue weighted by atomic mass is 10.0. The van der Waals surface area contributed by atoms with E-state index in [4.69, 9.17) is 4.74 Å². The summed E-state index contributed by atoms with van der Waals surface area (Å²) in [6, 6.07) is 0. The van der Waals surface area contributed by atoms with Gasteiger partial charge < -0.3 is 15.4 Å². The van der Waals surface area contributed by atoms with Crippen LogP contribution in [0.1, 0.15) is 36.5 Å². The van der Waals surface area contributed by atoms with Crippen LogP contribution in [-0.2, 0) is 4.74 Å². The summed E-state index contributed by atoms with van der Waals surface area (Å²) in [6.45, 7) is 6.05. The maximum absolute atomic E-state index is 11.9. The highest BCUT2D eigenvalue weighted by Gasteiger charge is 2.30. The summed E-state index contributed by atoms with van der Waals surface area (Å²) in [6.07, 6.45) is 2.03. The average Bonchev–Trinajstić information content (AvgIpc) is 2.97. The standard InChI is InChI=1S/C11H18N4O2S/c1-3-12-10-15-14-9(18-10)8(16)13-7-11(2)5-4-6-17-11/h3-7H2,1-2H3,(H,12,15)(H,13,16). The Bertz CT molecular complexity index is 415. The predicted octanol–water partition coefficient (Wildman–Crippen LogP) is 1.27. The monoisotopic (exact) mass is 270 g/mol. The van der Waals surface area contributed by atoms with Crippen LogP contribution in [0.15, 0.2) is 0 Å². The van der Waals surface area contributed by atoms with Gasteiger partial charge in [0.15, 0.2) is 0 Å². The molecular weight excluding hydrogens is 252 g/mol. The van der Waals surface area contributed by atoms with Crippen molar-refractivity contribution in [2.24, 2.45) is 0 Å². The second kappa shape index (κ2) is 5.62. The van der Waals surface area contributed by atoms with Crippen molar-refractivity contribution in [2.75, 3.05) is 25.0 Å². The number of aromatic nitrogens is 2. The number of nitrogens with zero attached hydrogens (tertiary/aromatic N) is 2. The molecule has 0 radical (unpaired) electrons. The smallest absolute Gasteiger partial charge is 0.282 e. The molecule has 0 aliphatic carbocycles. The van der Waals surface area contributed by atoms with Gasteiger partial charge in [0.05, 0.1) is 5.60 Å². The maximum atomic E-state index is 11.9. The third kappa shape index (κ3) is 3.17. The summed E-state index contributed by atoms with van der Waals surface area (Å²) >= 11 is 1.26. The highest BCUT2D eigenvalue weighted by Crippen LogP contribution is 2.24. The van der Waals surface area contributed by atoms with E-state index in [2.05, 4.69) is 20.8 Å². The lowest BCUT2D eigenvalue weighted by Crippen LogP contribution is -2.40. The molecule has 0 bridgehead atoms. The van der Waals surface area contributed by atoms with E-state index in [1.54, 1.807) is 0 Å². The number of rotatable bonds is 5. The van der Waals surface area contributed by atoms with Crippen molar-refractivity contribution in [3.8, 4) is 0 Å². The van der Waals surface area contributed by atoms with Gasteiger partial charge in [0.1, 0.15) is 0 Å². The molecule has 1 amide bonds. The highest BCUT2D eigenvalue weighted by atomic mass is 32.1. The molecule has 100 valence electrons. The number of hydrogen-bond acceptors (Lipinski definition) is 6. The van der Waals surface area contributed by atoms with Gasteiger partial charge in [0, 0.05) is 19.7 Å². The van der Waals surface area contributed by atoms with Gasteiger partial charge in [-0.15, -0.1) is 10.2 Å². The van der Waals surface area contributed by atoms with Crippen LogP contribution in [0.2, 0.25) is 0 Å². The SMILES string of the molecule is CCNc1nnc(C(=O)NCC2(C)CCCO2)s1. The molecule has 2 rings (SSSR count). The molecule has 1 aliphatic rings. The quantitative estimate of drug-likeness (QED) is 0.842. The van der Waals surface area contributed by atoms with E-state index < -0.39 is 0 Å². The van der Waals surface area contributed by atoms with Gasteiger partial charge in [-0.25, -0.2) is 0 Å². The highest BCUT2D eigenvalue weighted by molar-refractivity contribution is 7.17. The van der Waals surface area contributed by atoms with E-state index in [0.717, 1.165) is 26.0 Å². The largest absolute Gasteiger partial charge is 0.373 e. The molecule has 18 heavy (non-hydrogen) atoms. The van der Waals surface area contributed by atoms with Crippen LogP contribution in [0, 0.1) is 0 Å². The number of carbonyl (C=O) groups is 1. The number of ether oxygens (including phenoxy) is 1. The van der Waals surface area contributed by atoms with Crippen LogP contribution in [0.3, 0.4) is 0 Å². The molecule has 0 saturated carbocycles. The van der Waals surface area contributed by atoms with E-state index in [1.165, 1.54) is 11.3 Å². The minimum absolute atomic E-state index is 0.187. The molecule has 6 nitrogen and oxygen atoms in total. The molecule has 1 unspecified atom stereocenters. The molecular formula is C11H18N4O2S. The van der Waals surface area contributed by atoms with Gasteiger partial charge in [0.25, 0.3) is 5.91 Å². The van der Waals surface area contributed by atoms with Gasteiger partial charge in [-0.2, -0.15) is 0 Å². The third-order valence-corrected chi connectivity index (χ3v) is 3.75. The molecule has 7 heteroatoms. The first kappa shape index (κ1) is 13.2. The zero-order valence-corrected chi connectivity index (χ0v) is 11.5. The molecule has 1 aromatic heterocycles. The van der Waals surface area contributed by atoms with E-state index in [9.17, 15) is 4.79 Å². The predicted molar refractivity (Wildman–Crippen MR) is 70.0 cm³/mol. The summed E-state index contributed by atoms with van der Waals surface area (Å²) in [7, 11) is 0. The second-order valence-electron chi connectivity index (χ2n) is 4.53. The summed E-state index contributed by atoms with van der Waals surface area (Å²) in [5.41, 5.74) is -0.231. The molecule has 2 heterocycles. The molecule has 1 fully saturated rings. The number of amides is 1. The number of nitrogens with one attached hydrogen (secondary N) is 2. The van der Waals surface area contributed by atoms with Crippen molar-refractivity contribution in [1.82, 2.24) is 15.5 Å². The zero-order chi connectivity index (χ0) is 13.0. The Labute approximate surface area is 110 Å². The summed E-state index contributed by atoms with van der Waals surface area (Å²) in [5, 5.41) is 14.7. The van der Waals surface area contributed by atoms with Crippen molar-refractivity contribution in [3.05, 3.63) is 5.01 Å². The van der Waals surface area contributed by atoms with Crippen molar-refractivity contribution in [3.63, 3.8) is 0 Å². The lowest BCUT2D eigenvalue weighted by Gasteiger charge is -2.22. The molecule has 1 atom stereocenters. The van der Waals surface area contributed by atoms with E-state index in [1.807, 2.05) is 13.8 Å². The minimum atomic E-state index is -0.231. The Balaban J connectivity index is 1.87. The Kier molecular flexibility index (Phi) is 4.13. The fourth-order valence-corrected chi connectivity index (χ4v) is 2.58. The molecule has 0 spiro atoms. The second-order valence-corrected chi connectivity index (χ2v) is 5.50. The first-order chi connectivity index (χ1) is 8.63. The van der Waals surface area contributed by atoms with E-state index in [0.29, 0.717) is 16.7 Å². The van der Waals surface area contributed by atoms with Crippen LogP contribution in [0.4, 0.5) is 5.13 Å². The minimum Gasteiger partial charge on any atom is -0.373 e. The first-order valence-corrected chi connectivity index (χ1v) is 6.94. The van der Waals surface area contributed by atoms with Crippen molar-refractivity contribution >= 4 is 22.4 Å². The number of hydrogen-bond donors (Lipinski definition) is 2. The van der Waals surface area contributed by atoms with Gasteiger partial charge in [0.2, 0.25) is 10.1 Å². The Hall–Kier alpha value is -1.21. The topological polar surface area (TPSA) is 76.1 Å². The summed E-state index contributed by atoms with van der Waals surface area (Å²) in [4.78, 5) is 11.9. The Morgan fingerprint density at radius 2 is 2.39 bits per heavy atom. The Morgan fingerprint density at radius 1 is 1.56 bits per heavy atom. The van der Waals surface area contributed by atoms with Crippen LogP contribution in [0.25, 0.3) is 0 Å². The Morgan fingerprint density at radius 3 is 3.06 bits per heavy atom. The molecule has 0 aromatic carbocycles. The molecule has 2 N–H and O–H groups in total. The summed E-state index contributed by atoms with van der Waals surface area (Å²) < 4.78 is 5.61. The van der Waals surface area contributed by atoms with Crippen molar-refractivity contribution in [2.45, 2.75) is 32.3 Å². The van der Waals surface area contributed by atoms with E-state index >= 15 is 0 Å². The maximum Gasteiger partial charge on any atom is 0.282 e. The average molecular weight is 270 g/mol. The van der Waals surface area contributed by atoms with Gasteiger partial charge in [-0.1, -0.05) is 11.3 Å². The van der Waals surface area contributed by atoms with E-state index in [-0.39, 0.29) is 11.5 Å². The van der Waals surface area contributed by atoms with Crippen molar-refractivity contribution < 1.29 is 9.53 Å². The van der Waals surface area contributed by atoms with Crippen LogP contribution < -0.4 is 10.6 Å². The first-order valence-electron chi connectivity index (χ1n) is 6.12. The number of carbonyl (C=O) groups excluding carboxylic acids is 1. The zero-order valence-electron chi connectivity index (χ0n) is 10.7. The van der Waals surface area contributed by atoms with Crippen molar-refractivity contribution in [1.29, 1.82) is 0 Å². The summed E-state index contributed by atoms with van der Waals surface area (Å²) in [5.74, 6) is -0.187.